The van der Waals surface area contributed by atoms with Crippen molar-refractivity contribution in [1.29, 1.82) is 0 Å². The monoisotopic (exact) mass is 416 g/mol. The van der Waals surface area contributed by atoms with Crippen molar-refractivity contribution in [3.05, 3.63) is 29.0 Å². The number of nitrogens with two attached hydrogens (primary N) is 1. The fraction of sp³-hybridized carbons (Fsp3) is 0.500. The molecule has 0 radical (unpaired) electrons. The Hall–Kier alpha value is -2.68. The second kappa shape index (κ2) is 7.98. The maximum Gasteiger partial charge on any atom is 0.273 e. The van der Waals surface area contributed by atoms with Crippen LogP contribution in [0.25, 0.3) is 10.8 Å². The van der Waals surface area contributed by atoms with Gasteiger partial charge in [-0.1, -0.05) is 0 Å². The minimum absolute atomic E-state index is 0.0115. The van der Waals surface area contributed by atoms with Crippen molar-refractivity contribution in [1.82, 2.24) is 14.8 Å². The maximum absolute atomic E-state index is 12.8. The average Bonchev–Trinajstić information content (AvgIpc) is 3.46. The number of carbonyl (C=O) groups excluding carboxylic acids is 3. The van der Waals surface area contributed by atoms with Crippen molar-refractivity contribution >= 4 is 29.1 Å². The molecule has 2 N–H and O–H groups in total. The van der Waals surface area contributed by atoms with Gasteiger partial charge in [0.1, 0.15) is 17.5 Å². The fourth-order valence-corrected chi connectivity index (χ4v) is 4.84. The van der Waals surface area contributed by atoms with Crippen LogP contribution >= 0.6 is 11.3 Å². The first-order chi connectivity index (χ1) is 13.9. The molecule has 2 aliphatic rings. The Kier molecular flexibility index (Phi) is 5.40. The van der Waals surface area contributed by atoms with E-state index in [4.69, 9.17) is 10.2 Å². The smallest absolute Gasteiger partial charge is 0.273 e. The zero-order chi connectivity index (χ0) is 20.5. The standard InChI is InChI=1S/C20H24N4O4S/c1-12-4-5-16(28-12)18-22-14(11-29-18)20(27)23-9-6-13(7-10-23)19(26)24-8-2-3-15(24)17(21)25/h4-5,11,13,15H,2-3,6-10H2,1H3,(H2,21,25)/t15-/m0/s1. The first kappa shape index (κ1) is 19.6. The van der Waals surface area contributed by atoms with Crippen molar-refractivity contribution in [2.75, 3.05) is 19.6 Å². The Labute approximate surface area is 172 Å². The summed E-state index contributed by atoms with van der Waals surface area (Å²) in [6, 6.07) is 3.22. The third kappa shape index (κ3) is 3.91. The van der Waals surface area contributed by atoms with E-state index < -0.39 is 11.9 Å². The average molecular weight is 417 g/mol. The summed E-state index contributed by atoms with van der Waals surface area (Å²) >= 11 is 1.38. The highest BCUT2D eigenvalue weighted by atomic mass is 32.1. The number of thiazole rings is 1. The van der Waals surface area contributed by atoms with Crippen LogP contribution in [0.2, 0.25) is 0 Å². The van der Waals surface area contributed by atoms with Crippen molar-refractivity contribution in [2.45, 2.75) is 38.6 Å². The molecule has 8 nitrogen and oxygen atoms in total. The summed E-state index contributed by atoms with van der Waals surface area (Å²) in [5, 5.41) is 2.42. The van der Waals surface area contributed by atoms with Crippen molar-refractivity contribution in [3.63, 3.8) is 0 Å². The van der Waals surface area contributed by atoms with Crippen molar-refractivity contribution in [2.24, 2.45) is 11.7 Å². The van der Waals surface area contributed by atoms with Gasteiger partial charge in [0, 0.05) is 30.9 Å². The summed E-state index contributed by atoms with van der Waals surface area (Å²) in [4.78, 5) is 45.0. The molecule has 29 heavy (non-hydrogen) atoms. The van der Waals surface area contributed by atoms with Crippen LogP contribution in [0.3, 0.4) is 0 Å². The summed E-state index contributed by atoms with van der Waals surface area (Å²) in [5.41, 5.74) is 5.83. The van der Waals surface area contributed by atoms with Gasteiger partial charge in [0.05, 0.1) is 0 Å². The second-order valence-corrected chi connectivity index (χ2v) is 8.46. The lowest BCUT2D eigenvalue weighted by Gasteiger charge is -2.34. The number of aryl methyl sites for hydroxylation is 1. The highest BCUT2D eigenvalue weighted by molar-refractivity contribution is 7.13. The SMILES string of the molecule is Cc1ccc(-c2nc(C(=O)N3CCC(C(=O)N4CCC[C@H]4C(N)=O)CC3)cs2)o1. The zero-order valence-electron chi connectivity index (χ0n) is 16.3. The van der Waals surface area contributed by atoms with Gasteiger partial charge in [-0.15, -0.1) is 11.3 Å². The van der Waals surface area contributed by atoms with Gasteiger partial charge in [-0.2, -0.15) is 0 Å². The molecule has 0 aliphatic carbocycles. The molecule has 2 aromatic heterocycles. The van der Waals surface area contributed by atoms with E-state index in [-0.39, 0.29) is 17.7 Å². The predicted molar refractivity (Wildman–Crippen MR) is 107 cm³/mol. The number of primary amides is 1. The Morgan fingerprint density at radius 1 is 1.17 bits per heavy atom. The molecular formula is C20H24N4O4S. The van der Waals surface area contributed by atoms with Gasteiger partial charge in [-0.3, -0.25) is 14.4 Å². The number of hydrogen-bond acceptors (Lipinski definition) is 6. The molecule has 0 spiro atoms. The lowest BCUT2D eigenvalue weighted by atomic mass is 9.94. The molecule has 4 heterocycles. The van der Waals surface area contributed by atoms with Crippen LogP contribution < -0.4 is 5.73 Å². The number of amides is 3. The van der Waals surface area contributed by atoms with Crippen LogP contribution in [-0.4, -0.2) is 58.2 Å². The molecule has 3 amide bonds. The van der Waals surface area contributed by atoms with Crippen LogP contribution in [0.4, 0.5) is 0 Å². The maximum atomic E-state index is 12.8. The number of rotatable bonds is 4. The first-order valence-corrected chi connectivity index (χ1v) is 10.7. The normalized spacial score (nSPS) is 20.2. The largest absolute Gasteiger partial charge is 0.459 e. The van der Waals surface area contributed by atoms with E-state index in [1.807, 2.05) is 19.1 Å². The number of aromatic nitrogens is 1. The minimum Gasteiger partial charge on any atom is -0.459 e. The molecule has 0 unspecified atom stereocenters. The molecule has 2 fully saturated rings. The van der Waals surface area contributed by atoms with E-state index >= 15 is 0 Å². The second-order valence-electron chi connectivity index (χ2n) is 7.61. The number of hydrogen-bond donors (Lipinski definition) is 1. The lowest BCUT2D eigenvalue weighted by Crippen LogP contribution is -2.49. The van der Waals surface area contributed by atoms with Crippen LogP contribution in [-0.2, 0) is 9.59 Å². The summed E-state index contributed by atoms with van der Waals surface area (Å²) in [6.45, 7) is 3.44. The molecule has 2 aromatic rings. The van der Waals surface area contributed by atoms with Gasteiger partial charge in [0.15, 0.2) is 10.8 Å². The summed E-state index contributed by atoms with van der Waals surface area (Å²) in [6.07, 6.45) is 2.61. The van der Waals surface area contributed by atoms with E-state index in [1.165, 1.54) is 11.3 Å². The molecule has 0 aromatic carbocycles. The molecular weight excluding hydrogens is 392 g/mol. The molecule has 0 saturated carbocycles. The highest BCUT2D eigenvalue weighted by Gasteiger charge is 2.37. The third-order valence-electron chi connectivity index (χ3n) is 5.67. The van der Waals surface area contributed by atoms with Gasteiger partial charge >= 0.3 is 0 Å². The number of furan rings is 1. The van der Waals surface area contributed by atoms with E-state index in [9.17, 15) is 14.4 Å². The topological polar surface area (TPSA) is 110 Å². The lowest BCUT2D eigenvalue weighted by molar-refractivity contribution is -0.141. The Morgan fingerprint density at radius 2 is 1.93 bits per heavy atom. The minimum atomic E-state index is -0.485. The van der Waals surface area contributed by atoms with Crippen LogP contribution in [0, 0.1) is 12.8 Å². The zero-order valence-corrected chi connectivity index (χ0v) is 17.1. The molecule has 9 heteroatoms. The molecule has 4 rings (SSSR count). The quantitative estimate of drug-likeness (QED) is 0.820. The van der Waals surface area contributed by atoms with E-state index in [1.54, 1.807) is 15.2 Å². The fourth-order valence-electron chi connectivity index (χ4n) is 4.09. The molecule has 1 atom stereocenters. The highest BCUT2D eigenvalue weighted by Crippen LogP contribution is 2.28. The molecule has 154 valence electrons. The van der Waals surface area contributed by atoms with Crippen LogP contribution in [0.5, 0.6) is 0 Å². The predicted octanol–water partition coefficient (Wildman–Crippen LogP) is 2.04. The molecule has 0 bridgehead atoms. The van der Waals surface area contributed by atoms with Gasteiger partial charge in [-0.25, -0.2) is 4.98 Å². The van der Waals surface area contributed by atoms with Crippen molar-refractivity contribution in [3.8, 4) is 10.8 Å². The van der Waals surface area contributed by atoms with E-state index in [0.29, 0.717) is 55.4 Å². The van der Waals surface area contributed by atoms with Gasteiger partial charge in [-0.05, 0) is 44.7 Å². The molecule has 2 saturated heterocycles. The number of likely N-dealkylation sites (tertiary alicyclic amines) is 2. The van der Waals surface area contributed by atoms with Gasteiger partial charge in [0.2, 0.25) is 11.8 Å². The van der Waals surface area contributed by atoms with E-state index in [2.05, 4.69) is 4.98 Å². The van der Waals surface area contributed by atoms with E-state index in [0.717, 1.165) is 12.2 Å². The Balaban J connectivity index is 1.36. The van der Waals surface area contributed by atoms with Gasteiger partial charge < -0.3 is 20.0 Å². The number of carbonyl (C=O) groups is 3. The Morgan fingerprint density at radius 3 is 2.59 bits per heavy atom. The van der Waals surface area contributed by atoms with Crippen LogP contribution in [0.1, 0.15) is 41.9 Å². The Bertz CT molecular complexity index is 929. The first-order valence-electron chi connectivity index (χ1n) is 9.85. The molecule has 2 aliphatic heterocycles. The van der Waals surface area contributed by atoms with Crippen LogP contribution in [0.15, 0.2) is 21.9 Å². The van der Waals surface area contributed by atoms with Crippen molar-refractivity contribution < 1.29 is 18.8 Å². The summed E-state index contributed by atoms with van der Waals surface area (Å²) in [5.74, 6) is 0.711. The third-order valence-corrected chi connectivity index (χ3v) is 6.53. The van der Waals surface area contributed by atoms with Gasteiger partial charge in [0.25, 0.3) is 5.91 Å². The number of nitrogens with zero attached hydrogens (tertiary/aromatic N) is 3. The summed E-state index contributed by atoms with van der Waals surface area (Å²) in [7, 11) is 0. The summed E-state index contributed by atoms with van der Waals surface area (Å²) < 4.78 is 5.57. The number of piperidine rings is 1.